The van der Waals surface area contributed by atoms with Crippen LogP contribution in [0.2, 0.25) is 0 Å². The Labute approximate surface area is 110 Å². The van der Waals surface area contributed by atoms with E-state index in [1.807, 2.05) is 0 Å². The van der Waals surface area contributed by atoms with Gasteiger partial charge in [0.25, 0.3) is 0 Å². The van der Waals surface area contributed by atoms with Crippen molar-refractivity contribution in [2.45, 2.75) is 0 Å². The van der Waals surface area contributed by atoms with Gasteiger partial charge in [-0.3, -0.25) is 5.41 Å². The molecular formula is CH7CsN2Pb. The van der Waals surface area contributed by atoms with Crippen molar-refractivity contribution in [1.82, 2.24) is 0 Å². The number of hydrogen-bond acceptors (Lipinski definition) is 1. The summed E-state index contributed by atoms with van der Waals surface area (Å²) in [4.78, 5) is 0. The molecule has 0 unspecified atom stereocenters. The summed E-state index contributed by atoms with van der Waals surface area (Å²) in [5, 5.41) is 5.86. The van der Waals surface area contributed by atoms with Crippen LogP contribution in [0, 0.1) is 5.41 Å². The molecule has 26 valence electrons. The van der Waals surface area contributed by atoms with E-state index in [0.29, 0.717) is 0 Å². The standard InChI is InChI=1S/CH4N2.Cs.Pb.3H/c2-1-3;;;;;/h1H,(H3,2,3);;;;;. The van der Waals surface area contributed by atoms with E-state index in [9.17, 15) is 0 Å². The van der Waals surface area contributed by atoms with E-state index >= 15 is 0 Å². The average molecular weight is 387 g/mol. The summed E-state index contributed by atoms with van der Waals surface area (Å²) >= 11 is 0. The summed E-state index contributed by atoms with van der Waals surface area (Å²) in [6.45, 7) is 0. The second kappa shape index (κ2) is 16.1. The summed E-state index contributed by atoms with van der Waals surface area (Å²) in [6.07, 6.45) is 0.750. The maximum absolute atomic E-state index is 5.86. The Kier molecular flexibility index (Phi) is 50.4. The quantitative estimate of drug-likeness (QED) is 0.282. The van der Waals surface area contributed by atoms with Crippen LogP contribution in [0.15, 0.2) is 0 Å². The van der Waals surface area contributed by atoms with Crippen molar-refractivity contribution in [3.05, 3.63) is 0 Å². The summed E-state index contributed by atoms with van der Waals surface area (Å²) in [5.41, 5.74) is 4.39. The third-order valence-electron chi connectivity index (χ3n) is 0. The van der Waals surface area contributed by atoms with Gasteiger partial charge in [-0.25, -0.2) is 0 Å². The Morgan fingerprint density at radius 3 is 1.60 bits per heavy atom. The van der Waals surface area contributed by atoms with Crippen LogP contribution in [0.4, 0.5) is 0 Å². The second-order valence-electron chi connectivity index (χ2n) is 0.167. The predicted octanol–water partition coefficient (Wildman–Crippen LogP) is -2.01. The van der Waals surface area contributed by atoms with E-state index in [2.05, 4.69) is 5.73 Å². The predicted molar refractivity (Wildman–Crippen MR) is 28.7 cm³/mol. The fourth-order valence-corrected chi connectivity index (χ4v) is 0. The first kappa shape index (κ1) is 15.7. The van der Waals surface area contributed by atoms with Gasteiger partial charge >= 0.3 is 96.2 Å². The fraction of sp³-hybridized carbons (Fsp3) is 0. The minimum atomic E-state index is 0. The van der Waals surface area contributed by atoms with Crippen LogP contribution < -0.4 is 5.73 Å². The molecule has 0 amide bonds. The first-order valence-electron chi connectivity index (χ1n) is 0.622. The van der Waals surface area contributed by atoms with Gasteiger partial charge in [-0.1, -0.05) is 0 Å². The molecule has 0 aliphatic carbocycles. The van der Waals surface area contributed by atoms with E-state index in [4.69, 9.17) is 5.41 Å². The van der Waals surface area contributed by atoms with Gasteiger partial charge in [-0.2, -0.15) is 0 Å². The maximum atomic E-state index is 5.86. The van der Waals surface area contributed by atoms with Crippen molar-refractivity contribution in [1.29, 1.82) is 5.41 Å². The van der Waals surface area contributed by atoms with Crippen molar-refractivity contribution in [3.63, 3.8) is 0 Å². The third kappa shape index (κ3) is 21.3. The molecule has 0 spiro atoms. The van der Waals surface area contributed by atoms with Gasteiger partial charge in [-0.15, -0.1) is 0 Å². The zero-order valence-corrected chi connectivity index (χ0v) is 7.86. The van der Waals surface area contributed by atoms with Gasteiger partial charge in [0.05, 0.1) is 6.34 Å². The molecule has 2 nitrogen and oxygen atoms in total. The molecule has 0 saturated carbocycles. The van der Waals surface area contributed by atoms with Crippen LogP contribution in [0.5, 0.6) is 0 Å². The van der Waals surface area contributed by atoms with Crippen LogP contribution in [0.25, 0.3) is 0 Å². The molecule has 3 N–H and O–H groups in total. The molecule has 5 heavy (non-hydrogen) atoms. The molecule has 4 heteroatoms. The Morgan fingerprint density at radius 2 is 1.60 bits per heavy atom. The number of hydrogen-bond donors (Lipinski definition) is 2. The van der Waals surface area contributed by atoms with Crippen LogP contribution in [-0.2, 0) is 0 Å². The van der Waals surface area contributed by atoms with Crippen molar-refractivity contribution in [2.75, 3.05) is 0 Å². The van der Waals surface area contributed by atoms with Crippen molar-refractivity contribution < 1.29 is 0 Å². The van der Waals surface area contributed by atoms with Crippen LogP contribution in [0.1, 0.15) is 0 Å². The molecule has 0 aliphatic rings. The Hall–Kier alpha value is 2.44. The number of rotatable bonds is 0. The van der Waals surface area contributed by atoms with Gasteiger partial charge in [0.15, 0.2) is 0 Å². The van der Waals surface area contributed by atoms with Gasteiger partial charge in [0.1, 0.15) is 0 Å². The molecule has 0 heterocycles. The van der Waals surface area contributed by atoms with E-state index < -0.39 is 0 Å². The SMILES string of the molecule is N=CN.[CsH].[PbH2]. The first-order valence-corrected chi connectivity index (χ1v) is 0.622. The van der Waals surface area contributed by atoms with Crippen LogP contribution in [-0.4, -0.2) is 103 Å². The fourth-order valence-electron chi connectivity index (χ4n) is 0. The van der Waals surface area contributed by atoms with Gasteiger partial charge in [-0.05, 0) is 0 Å². The van der Waals surface area contributed by atoms with Crippen molar-refractivity contribution in [2.24, 2.45) is 5.73 Å². The van der Waals surface area contributed by atoms with Gasteiger partial charge < -0.3 is 5.73 Å². The second-order valence-corrected chi connectivity index (χ2v) is 0.167. The minimum absolute atomic E-state index is 0. The molecule has 0 bridgehead atoms. The Bertz CT molecular complexity index is 17.1. The van der Waals surface area contributed by atoms with Crippen molar-refractivity contribution in [3.8, 4) is 0 Å². The molecule has 0 aromatic carbocycles. The number of nitrogens with one attached hydrogen (secondary N) is 1. The van der Waals surface area contributed by atoms with E-state index in [0.717, 1.165) is 6.34 Å². The third-order valence-corrected chi connectivity index (χ3v) is 0. The summed E-state index contributed by atoms with van der Waals surface area (Å²) in [6, 6.07) is 0. The van der Waals surface area contributed by atoms with Crippen LogP contribution >= 0.6 is 0 Å². The molecular weight excluding hydrogens is 380 g/mol. The molecule has 2 radical (unpaired) electrons. The summed E-state index contributed by atoms with van der Waals surface area (Å²) in [7, 11) is 0. The van der Waals surface area contributed by atoms with Crippen LogP contribution in [0.3, 0.4) is 0 Å². The molecule has 0 rings (SSSR count). The normalized spacial score (nSPS) is 2.40. The molecule has 0 saturated heterocycles. The first-order chi connectivity index (χ1) is 1.41. The van der Waals surface area contributed by atoms with E-state index in [1.54, 1.807) is 0 Å². The summed E-state index contributed by atoms with van der Waals surface area (Å²) in [5.74, 6) is 0. The number of nitrogens with two attached hydrogens (primary N) is 1. The summed E-state index contributed by atoms with van der Waals surface area (Å²) < 4.78 is 0. The Morgan fingerprint density at radius 1 is 1.60 bits per heavy atom. The molecule has 0 aromatic heterocycles. The van der Waals surface area contributed by atoms with E-state index in [1.165, 1.54) is 0 Å². The molecule has 0 atom stereocenters. The Balaban J connectivity index is -0.0000000200. The molecule has 0 aromatic rings. The van der Waals surface area contributed by atoms with E-state index in [-0.39, 0.29) is 96.2 Å². The molecule has 0 aliphatic heterocycles. The topological polar surface area (TPSA) is 49.9 Å². The molecule has 0 fully saturated rings. The average Bonchev–Trinajstić information content (AvgIpc) is 0.918. The van der Waals surface area contributed by atoms with Gasteiger partial charge in [0, 0.05) is 0 Å². The zero-order valence-electron chi connectivity index (χ0n) is 2.36. The monoisotopic (exact) mass is 388 g/mol. The van der Waals surface area contributed by atoms with Crippen molar-refractivity contribution >= 4 is 103 Å². The zero-order chi connectivity index (χ0) is 2.71. The van der Waals surface area contributed by atoms with Gasteiger partial charge in [0.2, 0.25) is 0 Å².